The number of aryl methyl sites for hydroxylation is 1. The highest BCUT2D eigenvalue weighted by molar-refractivity contribution is 5.93. The number of pyridine rings is 1. The molecule has 0 radical (unpaired) electrons. The van der Waals surface area contributed by atoms with E-state index in [1.54, 1.807) is 12.1 Å². The quantitative estimate of drug-likeness (QED) is 0.918. The largest absolute Gasteiger partial charge is 0.477 e. The van der Waals surface area contributed by atoms with Crippen LogP contribution in [0.2, 0.25) is 0 Å². The summed E-state index contributed by atoms with van der Waals surface area (Å²) in [5.74, 6) is -0.537. The summed E-state index contributed by atoms with van der Waals surface area (Å²) in [6.45, 7) is 2.74. The molecule has 0 spiro atoms. The van der Waals surface area contributed by atoms with Crippen molar-refractivity contribution in [1.82, 2.24) is 4.57 Å². The molecule has 4 nitrogen and oxygen atoms in total. The van der Waals surface area contributed by atoms with E-state index in [1.807, 2.05) is 17.6 Å². The van der Waals surface area contributed by atoms with Gasteiger partial charge < -0.3 is 9.67 Å². The van der Waals surface area contributed by atoms with Crippen molar-refractivity contribution in [3.05, 3.63) is 45.7 Å². The van der Waals surface area contributed by atoms with Gasteiger partial charge in [-0.05, 0) is 37.3 Å². The molecule has 1 saturated carbocycles. The second-order valence-electron chi connectivity index (χ2n) is 5.24. The molecule has 1 heterocycles. The highest BCUT2D eigenvalue weighted by Crippen LogP contribution is 2.32. The second-order valence-corrected chi connectivity index (χ2v) is 5.24. The molecular formula is C15H15NO3. The van der Waals surface area contributed by atoms with Crippen molar-refractivity contribution < 1.29 is 9.90 Å². The highest BCUT2D eigenvalue weighted by atomic mass is 16.4. The molecule has 1 aromatic heterocycles. The topological polar surface area (TPSA) is 59.3 Å². The molecule has 2 aromatic rings. The van der Waals surface area contributed by atoms with E-state index in [-0.39, 0.29) is 5.56 Å². The van der Waals surface area contributed by atoms with Crippen LogP contribution < -0.4 is 5.43 Å². The van der Waals surface area contributed by atoms with Crippen LogP contribution in [0.4, 0.5) is 0 Å². The Kier molecular flexibility index (Phi) is 2.66. The summed E-state index contributed by atoms with van der Waals surface area (Å²) in [4.78, 5) is 23.4. The molecular weight excluding hydrogens is 242 g/mol. The van der Waals surface area contributed by atoms with Gasteiger partial charge in [0.15, 0.2) is 0 Å². The number of aromatic nitrogens is 1. The Morgan fingerprint density at radius 2 is 2.16 bits per heavy atom. The normalized spacial score (nSPS) is 14.8. The lowest BCUT2D eigenvalue weighted by molar-refractivity contribution is 0.0695. The molecule has 0 aliphatic heterocycles. The number of benzene rings is 1. The Hall–Kier alpha value is -2.10. The molecule has 1 aliphatic carbocycles. The summed E-state index contributed by atoms with van der Waals surface area (Å²) in [6.07, 6.45) is 3.86. The van der Waals surface area contributed by atoms with Crippen LogP contribution >= 0.6 is 0 Å². The molecule has 1 aromatic carbocycles. The van der Waals surface area contributed by atoms with Gasteiger partial charge >= 0.3 is 5.97 Å². The Morgan fingerprint density at radius 3 is 2.79 bits per heavy atom. The number of hydrogen-bond donors (Lipinski definition) is 1. The molecule has 0 amide bonds. The van der Waals surface area contributed by atoms with Gasteiger partial charge in [-0.2, -0.15) is 0 Å². The van der Waals surface area contributed by atoms with Crippen molar-refractivity contribution in [3.8, 4) is 0 Å². The number of carboxylic acids is 1. The SMILES string of the molecule is Cc1cccc2c(=O)c(C(=O)O)cn(CC3CC3)c12. The first kappa shape index (κ1) is 12.0. The van der Waals surface area contributed by atoms with Gasteiger partial charge in [-0.3, -0.25) is 4.79 Å². The van der Waals surface area contributed by atoms with Gasteiger partial charge in [0.25, 0.3) is 0 Å². The summed E-state index contributed by atoms with van der Waals surface area (Å²) in [5, 5.41) is 9.66. The Bertz CT molecular complexity index is 726. The summed E-state index contributed by atoms with van der Waals surface area (Å²) >= 11 is 0. The van der Waals surface area contributed by atoms with Gasteiger partial charge in [0, 0.05) is 18.1 Å². The van der Waals surface area contributed by atoms with Crippen LogP contribution in [-0.4, -0.2) is 15.6 Å². The molecule has 1 N–H and O–H groups in total. The van der Waals surface area contributed by atoms with Crippen LogP contribution in [0.15, 0.2) is 29.2 Å². The van der Waals surface area contributed by atoms with Crippen LogP contribution in [0.25, 0.3) is 10.9 Å². The Balaban J connectivity index is 2.34. The number of carboxylic acid groups (broad SMARTS) is 1. The number of nitrogens with zero attached hydrogens (tertiary/aromatic N) is 1. The van der Waals surface area contributed by atoms with Gasteiger partial charge in [-0.15, -0.1) is 0 Å². The molecule has 19 heavy (non-hydrogen) atoms. The fourth-order valence-corrected chi connectivity index (χ4v) is 2.52. The lowest BCUT2D eigenvalue weighted by Crippen LogP contribution is -2.19. The molecule has 3 rings (SSSR count). The maximum absolute atomic E-state index is 12.2. The molecule has 4 heteroatoms. The van der Waals surface area contributed by atoms with Crippen molar-refractivity contribution >= 4 is 16.9 Å². The predicted octanol–water partition coefficient (Wildman–Crippen LogP) is 2.42. The van der Waals surface area contributed by atoms with Crippen LogP contribution in [0, 0.1) is 12.8 Å². The lowest BCUT2D eigenvalue weighted by atomic mass is 10.1. The van der Waals surface area contributed by atoms with Crippen molar-refractivity contribution in [1.29, 1.82) is 0 Å². The molecule has 98 valence electrons. The number of aromatic carboxylic acids is 1. The molecule has 0 bridgehead atoms. The molecule has 1 aliphatic rings. The predicted molar refractivity (Wildman–Crippen MR) is 72.6 cm³/mol. The first-order valence-corrected chi connectivity index (χ1v) is 6.44. The number of fused-ring (bicyclic) bond motifs is 1. The standard InChI is InChI=1S/C15H15NO3/c1-9-3-2-4-11-13(9)16(7-10-5-6-10)8-12(14(11)17)15(18)19/h2-4,8,10H,5-7H2,1H3,(H,18,19). The van der Waals surface area contributed by atoms with Crippen LogP contribution in [0.3, 0.4) is 0 Å². The fourth-order valence-electron chi connectivity index (χ4n) is 2.52. The average molecular weight is 257 g/mol. The third-order valence-electron chi connectivity index (χ3n) is 3.68. The monoisotopic (exact) mass is 257 g/mol. The molecule has 1 fully saturated rings. The van der Waals surface area contributed by atoms with Crippen LogP contribution in [0.1, 0.15) is 28.8 Å². The zero-order valence-corrected chi connectivity index (χ0v) is 10.7. The summed E-state index contributed by atoms with van der Waals surface area (Å²) in [7, 11) is 0. The maximum atomic E-state index is 12.2. The van der Waals surface area contributed by atoms with Crippen LogP contribution in [0.5, 0.6) is 0 Å². The minimum atomic E-state index is -1.15. The number of para-hydroxylation sites is 1. The van der Waals surface area contributed by atoms with E-state index in [4.69, 9.17) is 5.11 Å². The Labute approximate surface area is 110 Å². The third-order valence-corrected chi connectivity index (χ3v) is 3.68. The Morgan fingerprint density at radius 1 is 1.42 bits per heavy atom. The average Bonchev–Trinajstić information content (AvgIpc) is 3.16. The van der Waals surface area contributed by atoms with E-state index in [2.05, 4.69) is 0 Å². The molecule has 0 atom stereocenters. The minimum absolute atomic E-state index is 0.140. The molecule has 0 saturated heterocycles. The first-order valence-electron chi connectivity index (χ1n) is 6.44. The number of rotatable bonds is 3. The third kappa shape index (κ3) is 2.03. The van der Waals surface area contributed by atoms with E-state index in [1.165, 1.54) is 19.0 Å². The van der Waals surface area contributed by atoms with E-state index in [0.717, 1.165) is 17.6 Å². The number of carbonyl (C=O) groups is 1. The first-order chi connectivity index (χ1) is 9.08. The van der Waals surface area contributed by atoms with Crippen LogP contribution in [-0.2, 0) is 6.54 Å². The second kappa shape index (κ2) is 4.23. The van der Waals surface area contributed by atoms with Gasteiger partial charge in [0.1, 0.15) is 5.56 Å². The van der Waals surface area contributed by atoms with E-state index < -0.39 is 11.4 Å². The van der Waals surface area contributed by atoms with Crippen molar-refractivity contribution in [3.63, 3.8) is 0 Å². The molecule has 0 unspecified atom stereocenters. The van der Waals surface area contributed by atoms with E-state index in [0.29, 0.717) is 11.3 Å². The number of hydrogen-bond acceptors (Lipinski definition) is 2. The van der Waals surface area contributed by atoms with Gasteiger partial charge in [-0.1, -0.05) is 12.1 Å². The van der Waals surface area contributed by atoms with Crippen molar-refractivity contribution in [2.24, 2.45) is 5.92 Å². The maximum Gasteiger partial charge on any atom is 0.341 e. The fraction of sp³-hybridized carbons (Fsp3) is 0.333. The van der Waals surface area contributed by atoms with Gasteiger partial charge in [0.2, 0.25) is 5.43 Å². The zero-order valence-electron chi connectivity index (χ0n) is 10.7. The van der Waals surface area contributed by atoms with E-state index in [9.17, 15) is 9.59 Å². The van der Waals surface area contributed by atoms with Gasteiger partial charge in [0.05, 0.1) is 5.52 Å². The summed E-state index contributed by atoms with van der Waals surface area (Å²) in [5.41, 5.74) is 1.34. The van der Waals surface area contributed by atoms with Crippen molar-refractivity contribution in [2.45, 2.75) is 26.3 Å². The zero-order chi connectivity index (χ0) is 13.6. The summed E-state index contributed by atoms with van der Waals surface area (Å²) < 4.78 is 1.94. The van der Waals surface area contributed by atoms with Crippen molar-refractivity contribution in [2.75, 3.05) is 0 Å². The van der Waals surface area contributed by atoms with E-state index >= 15 is 0 Å². The summed E-state index contributed by atoms with van der Waals surface area (Å²) in [6, 6.07) is 5.46. The lowest BCUT2D eigenvalue weighted by Gasteiger charge is -2.13. The smallest absolute Gasteiger partial charge is 0.341 e. The van der Waals surface area contributed by atoms with Gasteiger partial charge in [-0.25, -0.2) is 4.79 Å². The highest BCUT2D eigenvalue weighted by Gasteiger charge is 2.24. The minimum Gasteiger partial charge on any atom is -0.477 e.